The second-order valence-corrected chi connectivity index (χ2v) is 7.07. The number of hydrazone groups is 1. The lowest BCUT2D eigenvalue weighted by Crippen LogP contribution is -2.18. The summed E-state index contributed by atoms with van der Waals surface area (Å²) in [4.78, 5) is 12.2. The number of carbonyl (C=O) groups is 1. The monoisotopic (exact) mass is 409 g/mol. The molecule has 1 heterocycles. The molecule has 3 aromatic rings. The lowest BCUT2D eigenvalue weighted by molar-refractivity contribution is 0.0954. The Morgan fingerprint density at radius 2 is 1.85 bits per heavy atom. The first-order valence-corrected chi connectivity index (χ1v) is 9.10. The number of halogens is 1. The first kappa shape index (κ1) is 18.1. The maximum absolute atomic E-state index is 12.2. The van der Waals surface area contributed by atoms with Crippen molar-refractivity contribution in [3.8, 4) is 5.69 Å². The maximum Gasteiger partial charge on any atom is 0.271 e. The van der Waals surface area contributed by atoms with Gasteiger partial charge in [-0.15, -0.1) is 0 Å². The predicted molar refractivity (Wildman–Crippen MR) is 109 cm³/mol. The number of hydrogen-bond donors (Lipinski definition) is 1. The van der Waals surface area contributed by atoms with Crippen LogP contribution in [-0.4, -0.2) is 16.7 Å². The molecule has 0 aliphatic heterocycles. The largest absolute Gasteiger partial charge is 0.318 e. The fraction of sp³-hybridized carbons (Fsp3) is 0.143. The number of hydrogen-bond acceptors (Lipinski definition) is 2. The van der Waals surface area contributed by atoms with E-state index in [0.717, 1.165) is 32.7 Å². The molecule has 0 atom stereocenters. The van der Waals surface area contributed by atoms with Gasteiger partial charge in [0.1, 0.15) is 0 Å². The zero-order chi connectivity index (χ0) is 18.7. The van der Waals surface area contributed by atoms with Gasteiger partial charge < -0.3 is 4.57 Å². The Balaban J connectivity index is 1.81. The fourth-order valence-electron chi connectivity index (χ4n) is 2.98. The van der Waals surface area contributed by atoms with Crippen LogP contribution < -0.4 is 5.43 Å². The van der Waals surface area contributed by atoms with E-state index < -0.39 is 0 Å². The first-order chi connectivity index (χ1) is 12.5. The van der Waals surface area contributed by atoms with Gasteiger partial charge in [-0.1, -0.05) is 40.2 Å². The summed E-state index contributed by atoms with van der Waals surface area (Å²) in [7, 11) is 0. The minimum atomic E-state index is -0.208. The molecule has 132 valence electrons. The van der Waals surface area contributed by atoms with E-state index >= 15 is 0 Å². The molecule has 2 aromatic carbocycles. The van der Waals surface area contributed by atoms with Crippen LogP contribution in [0.3, 0.4) is 0 Å². The number of aromatic nitrogens is 1. The summed E-state index contributed by atoms with van der Waals surface area (Å²) in [6.45, 7) is 6.00. The Kier molecular flexibility index (Phi) is 5.38. The van der Waals surface area contributed by atoms with Crippen molar-refractivity contribution in [3.63, 3.8) is 0 Å². The highest BCUT2D eigenvalue weighted by Crippen LogP contribution is 2.22. The number of aryl methyl sites for hydroxylation is 2. The van der Waals surface area contributed by atoms with E-state index in [2.05, 4.69) is 56.1 Å². The summed E-state index contributed by atoms with van der Waals surface area (Å²) >= 11 is 3.51. The van der Waals surface area contributed by atoms with Crippen molar-refractivity contribution < 1.29 is 4.79 Å². The Morgan fingerprint density at radius 1 is 1.08 bits per heavy atom. The highest BCUT2D eigenvalue weighted by Gasteiger charge is 2.10. The van der Waals surface area contributed by atoms with Crippen LogP contribution in [0.5, 0.6) is 0 Å². The summed E-state index contributed by atoms with van der Waals surface area (Å²) < 4.78 is 3.19. The molecule has 1 N–H and O–H groups in total. The van der Waals surface area contributed by atoms with E-state index in [-0.39, 0.29) is 5.91 Å². The molecule has 1 amide bonds. The number of amides is 1. The Hall–Kier alpha value is -2.66. The second-order valence-electron chi connectivity index (χ2n) is 6.16. The third-order valence-electron chi connectivity index (χ3n) is 4.30. The normalized spacial score (nSPS) is 11.1. The van der Waals surface area contributed by atoms with E-state index in [1.807, 2.05) is 44.2 Å². The molecule has 0 radical (unpaired) electrons. The third-order valence-corrected chi connectivity index (χ3v) is 4.79. The highest BCUT2D eigenvalue weighted by molar-refractivity contribution is 9.10. The van der Waals surface area contributed by atoms with Crippen molar-refractivity contribution in [1.82, 2.24) is 9.99 Å². The average Bonchev–Trinajstić information content (AvgIpc) is 2.89. The van der Waals surface area contributed by atoms with Gasteiger partial charge >= 0.3 is 0 Å². The van der Waals surface area contributed by atoms with Crippen LogP contribution in [0.25, 0.3) is 5.69 Å². The van der Waals surface area contributed by atoms with Gasteiger partial charge in [0.25, 0.3) is 5.91 Å². The summed E-state index contributed by atoms with van der Waals surface area (Å²) in [5, 5.41) is 4.14. The Morgan fingerprint density at radius 3 is 2.58 bits per heavy atom. The van der Waals surface area contributed by atoms with Gasteiger partial charge in [0.2, 0.25) is 0 Å². The molecule has 0 saturated heterocycles. The predicted octanol–water partition coefficient (Wildman–Crippen LogP) is 4.93. The van der Waals surface area contributed by atoms with Gasteiger partial charge in [-0.05, 0) is 56.7 Å². The van der Waals surface area contributed by atoms with Crippen LogP contribution in [0.4, 0.5) is 0 Å². The number of benzene rings is 2. The van der Waals surface area contributed by atoms with Crippen LogP contribution in [0.1, 0.15) is 32.9 Å². The second kappa shape index (κ2) is 7.70. The highest BCUT2D eigenvalue weighted by atomic mass is 79.9. The maximum atomic E-state index is 12.2. The van der Waals surface area contributed by atoms with E-state index in [1.165, 1.54) is 0 Å². The standard InChI is InChI=1S/C21H20BrN3O/c1-14-7-4-5-10-20(14)21(26)24-23-13-17-11-15(2)25(16(17)3)19-9-6-8-18(22)12-19/h4-13H,1-3H3,(H,24,26)/b23-13-. The van der Waals surface area contributed by atoms with Gasteiger partial charge in [0, 0.05) is 32.7 Å². The molecular formula is C21H20BrN3O. The number of rotatable bonds is 4. The van der Waals surface area contributed by atoms with Crippen LogP contribution in [0, 0.1) is 20.8 Å². The topological polar surface area (TPSA) is 46.4 Å². The van der Waals surface area contributed by atoms with Crippen molar-refractivity contribution in [2.45, 2.75) is 20.8 Å². The number of carbonyl (C=O) groups excluding carboxylic acids is 1. The van der Waals surface area contributed by atoms with Crippen LogP contribution >= 0.6 is 15.9 Å². The number of nitrogens with one attached hydrogen (secondary N) is 1. The van der Waals surface area contributed by atoms with Crippen molar-refractivity contribution in [3.05, 3.63) is 87.1 Å². The Bertz CT molecular complexity index is 989. The molecule has 0 aliphatic carbocycles. The molecule has 0 fully saturated rings. The summed E-state index contributed by atoms with van der Waals surface area (Å²) in [6, 6.07) is 17.6. The molecule has 0 aliphatic rings. The molecule has 0 spiro atoms. The fourth-order valence-corrected chi connectivity index (χ4v) is 3.37. The third kappa shape index (κ3) is 3.78. The van der Waals surface area contributed by atoms with E-state index in [0.29, 0.717) is 5.56 Å². The molecule has 4 nitrogen and oxygen atoms in total. The zero-order valence-electron chi connectivity index (χ0n) is 15.0. The summed E-state index contributed by atoms with van der Waals surface area (Å²) in [5.74, 6) is -0.208. The zero-order valence-corrected chi connectivity index (χ0v) is 16.5. The van der Waals surface area contributed by atoms with Gasteiger partial charge in [-0.2, -0.15) is 5.10 Å². The van der Waals surface area contributed by atoms with E-state index in [4.69, 9.17) is 0 Å². The molecule has 5 heteroatoms. The molecule has 1 aromatic heterocycles. The number of nitrogens with zero attached hydrogens (tertiary/aromatic N) is 2. The van der Waals surface area contributed by atoms with Gasteiger partial charge in [-0.3, -0.25) is 4.79 Å². The van der Waals surface area contributed by atoms with Crippen molar-refractivity contribution >= 4 is 28.1 Å². The van der Waals surface area contributed by atoms with E-state index in [1.54, 1.807) is 12.3 Å². The van der Waals surface area contributed by atoms with Gasteiger partial charge in [0.05, 0.1) is 6.21 Å². The molecule has 3 rings (SSSR count). The average molecular weight is 410 g/mol. The van der Waals surface area contributed by atoms with Crippen molar-refractivity contribution in [1.29, 1.82) is 0 Å². The molecule has 26 heavy (non-hydrogen) atoms. The molecule has 0 bridgehead atoms. The van der Waals surface area contributed by atoms with Crippen molar-refractivity contribution in [2.75, 3.05) is 0 Å². The van der Waals surface area contributed by atoms with E-state index in [9.17, 15) is 4.79 Å². The van der Waals surface area contributed by atoms with Crippen LogP contribution in [0.2, 0.25) is 0 Å². The van der Waals surface area contributed by atoms with Crippen LogP contribution in [0.15, 0.2) is 64.2 Å². The van der Waals surface area contributed by atoms with Crippen molar-refractivity contribution in [2.24, 2.45) is 5.10 Å². The summed E-state index contributed by atoms with van der Waals surface area (Å²) in [6.07, 6.45) is 1.69. The first-order valence-electron chi connectivity index (χ1n) is 8.31. The molecule has 0 saturated carbocycles. The molecule has 0 unspecified atom stereocenters. The summed E-state index contributed by atoms with van der Waals surface area (Å²) in [5.41, 5.74) is 8.37. The smallest absolute Gasteiger partial charge is 0.271 e. The molecular weight excluding hydrogens is 390 g/mol. The quantitative estimate of drug-likeness (QED) is 0.481. The SMILES string of the molecule is Cc1ccccc1C(=O)N/N=C\c1cc(C)n(-c2cccc(Br)c2)c1C. The lowest BCUT2D eigenvalue weighted by atomic mass is 10.1. The minimum Gasteiger partial charge on any atom is -0.318 e. The minimum absolute atomic E-state index is 0.208. The van der Waals surface area contributed by atoms with Crippen LogP contribution in [-0.2, 0) is 0 Å². The van der Waals surface area contributed by atoms with Gasteiger partial charge in [-0.25, -0.2) is 5.43 Å². The van der Waals surface area contributed by atoms with Gasteiger partial charge in [0.15, 0.2) is 0 Å². The lowest BCUT2D eigenvalue weighted by Gasteiger charge is -2.09. The Labute approximate surface area is 161 Å².